The molecule has 0 atom stereocenters. The fraction of sp³-hybridized carbons (Fsp3) is 0.105. The topological polar surface area (TPSA) is 66.9 Å². The van der Waals surface area contributed by atoms with Crippen molar-refractivity contribution < 1.29 is 4.79 Å². The second-order valence-electron chi connectivity index (χ2n) is 5.65. The lowest BCUT2D eigenvalue weighted by Crippen LogP contribution is -2.15. The molecule has 0 aliphatic carbocycles. The predicted octanol–water partition coefficient (Wildman–Crippen LogP) is 4.47. The minimum atomic E-state index is -0.129. The molecule has 1 aromatic heterocycles. The lowest BCUT2D eigenvalue weighted by Gasteiger charge is -2.07. The van der Waals surface area contributed by atoms with E-state index in [-0.39, 0.29) is 5.91 Å². The quantitative estimate of drug-likeness (QED) is 0.667. The summed E-state index contributed by atoms with van der Waals surface area (Å²) in [7, 11) is 0. The van der Waals surface area contributed by atoms with Crippen LogP contribution in [0.25, 0.3) is 0 Å². The number of hydrogen-bond acceptors (Lipinski definition) is 4. The summed E-state index contributed by atoms with van der Waals surface area (Å²) >= 11 is 3.37. The maximum Gasteiger partial charge on any atom is 0.229 e. The van der Waals surface area contributed by atoms with Gasteiger partial charge in [-0.05, 0) is 48.9 Å². The van der Waals surface area contributed by atoms with Gasteiger partial charge in [-0.15, -0.1) is 10.2 Å². The average Bonchev–Trinajstić information content (AvgIpc) is 2.61. The molecular formula is C19H17BrN4O. The van der Waals surface area contributed by atoms with Crippen LogP contribution in [0, 0.1) is 6.92 Å². The van der Waals surface area contributed by atoms with E-state index in [9.17, 15) is 4.79 Å². The van der Waals surface area contributed by atoms with E-state index in [1.807, 2.05) is 55.5 Å². The van der Waals surface area contributed by atoms with E-state index in [1.165, 1.54) is 5.56 Å². The maximum atomic E-state index is 12.1. The van der Waals surface area contributed by atoms with Gasteiger partial charge in [0.2, 0.25) is 5.91 Å². The van der Waals surface area contributed by atoms with Crippen LogP contribution in [-0.2, 0) is 11.2 Å². The van der Waals surface area contributed by atoms with Crippen molar-refractivity contribution in [2.45, 2.75) is 13.3 Å². The first-order chi connectivity index (χ1) is 12.1. The fourth-order valence-electron chi connectivity index (χ4n) is 2.23. The molecule has 0 aliphatic rings. The Kier molecular flexibility index (Phi) is 5.40. The van der Waals surface area contributed by atoms with E-state index in [4.69, 9.17) is 0 Å². The first-order valence-corrected chi connectivity index (χ1v) is 8.59. The Balaban J connectivity index is 1.57. The normalized spacial score (nSPS) is 10.3. The molecule has 0 spiro atoms. The van der Waals surface area contributed by atoms with Gasteiger partial charge in [0.1, 0.15) is 0 Å². The molecule has 6 heteroatoms. The molecule has 0 saturated heterocycles. The minimum Gasteiger partial charge on any atom is -0.339 e. The zero-order valence-corrected chi connectivity index (χ0v) is 15.2. The second-order valence-corrected chi connectivity index (χ2v) is 6.56. The molecule has 0 radical (unpaired) electrons. The largest absolute Gasteiger partial charge is 0.339 e. The number of hydrogen-bond donors (Lipinski definition) is 2. The van der Waals surface area contributed by atoms with Crippen molar-refractivity contribution in [3.05, 3.63) is 76.3 Å². The smallest absolute Gasteiger partial charge is 0.229 e. The number of benzene rings is 2. The molecule has 2 aromatic carbocycles. The fourth-order valence-corrected chi connectivity index (χ4v) is 2.49. The summed E-state index contributed by atoms with van der Waals surface area (Å²) in [4.78, 5) is 12.1. The van der Waals surface area contributed by atoms with Gasteiger partial charge in [-0.3, -0.25) is 4.79 Å². The highest BCUT2D eigenvalue weighted by Crippen LogP contribution is 2.16. The monoisotopic (exact) mass is 396 g/mol. The number of rotatable bonds is 5. The highest BCUT2D eigenvalue weighted by atomic mass is 79.9. The number of nitrogens with zero attached hydrogens (tertiary/aromatic N) is 2. The van der Waals surface area contributed by atoms with Gasteiger partial charge >= 0.3 is 0 Å². The van der Waals surface area contributed by atoms with Crippen molar-refractivity contribution >= 4 is 39.2 Å². The Morgan fingerprint density at radius 3 is 2.20 bits per heavy atom. The van der Waals surface area contributed by atoms with Crippen LogP contribution < -0.4 is 10.6 Å². The Hall–Kier alpha value is -2.73. The Morgan fingerprint density at radius 2 is 1.56 bits per heavy atom. The van der Waals surface area contributed by atoms with Crippen LogP contribution in [0.1, 0.15) is 11.1 Å². The van der Waals surface area contributed by atoms with Crippen LogP contribution in [-0.4, -0.2) is 16.1 Å². The number of anilines is 3. The van der Waals surface area contributed by atoms with Gasteiger partial charge < -0.3 is 10.6 Å². The molecular weight excluding hydrogens is 380 g/mol. The van der Waals surface area contributed by atoms with E-state index < -0.39 is 0 Å². The molecule has 25 heavy (non-hydrogen) atoms. The lowest BCUT2D eigenvalue weighted by molar-refractivity contribution is -0.115. The van der Waals surface area contributed by atoms with Crippen molar-refractivity contribution in [2.24, 2.45) is 0 Å². The summed E-state index contributed by atoms with van der Waals surface area (Å²) in [6, 6.07) is 19.1. The molecule has 3 rings (SSSR count). The van der Waals surface area contributed by atoms with E-state index in [2.05, 4.69) is 36.8 Å². The van der Waals surface area contributed by atoms with Gasteiger partial charge in [-0.25, -0.2) is 0 Å². The highest BCUT2D eigenvalue weighted by molar-refractivity contribution is 9.10. The molecule has 3 aromatic rings. The van der Waals surface area contributed by atoms with Crippen LogP contribution in [0.15, 0.2) is 65.1 Å². The SMILES string of the molecule is Cc1ccc(Nc2ccc(NC(=O)Cc3ccc(Br)cc3)nn2)cc1. The van der Waals surface area contributed by atoms with Gasteiger partial charge in [0, 0.05) is 10.2 Å². The molecule has 1 heterocycles. The summed E-state index contributed by atoms with van der Waals surface area (Å²) in [5, 5.41) is 14.0. The summed E-state index contributed by atoms with van der Waals surface area (Å²) in [5.74, 6) is 0.919. The summed E-state index contributed by atoms with van der Waals surface area (Å²) in [6.45, 7) is 2.04. The number of aryl methyl sites for hydroxylation is 1. The first kappa shape index (κ1) is 17.1. The number of nitrogens with one attached hydrogen (secondary N) is 2. The van der Waals surface area contributed by atoms with Gasteiger partial charge in [0.05, 0.1) is 6.42 Å². The summed E-state index contributed by atoms with van der Waals surface area (Å²) < 4.78 is 0.985. The number of amides is 1. The Bertz CT molecular complexity index is 846. The third kappa shape index (κ3) is 5.12. The van der Waals surface area contributed by atoms with Crippen LogP contribution in [0.3, 0.4) is 0 Å². The number of halogens is 1. The molecule has 0 saturated carbocycles. The van der Waals surface area contributed by atoms with Crippen molar-refractivity contribution in [1.82, 2.24) is 10.2 Å². The Labute approximate surface area is 154 Å². The highest BCUT2D eigenvalue weighted by Gasteiger charge is 2.06. The van der Waals surface area contributed by atoms with Crippen LogP contribution in [0.2, 0.25) is 0 Å². The van der Waals surface area contributed by atoms with Crippen molar-refractivity contribution in [1.29, 1.82) is 0 Å². The molecule has 126 valence electrons. The molecule has 0 fully saturated rings. The van der Waals surface area contributed by atoms with Crippen molar-refractivity contribution in [2.75, 3.05) is 10.6 Å². The third-order valence-electron chi connectivity index (χ3n) is 3.53. The third-order valence-corrected chi connectivity index (χ3v) is 4.06. The van der Waals surface area contributed by atoms with Gasteiger partial charge in [0.15, 0.2) is 11.6 Å². The molecule has 0 unspecified atom stereocenters. The molecule has 0 bridgehead atoms. The van der Waals surface area contributed by atoms with E-state index >= 15 is 0 Å². The second kappa shape index (κ2) is 7.90. The van der Waals surface area contributed by atoms with Crippen molar-refractivity contribution in [3.8, 4) is 0 Å². The van der Waals surface area contributed by atoms with Crippen LogP contribution >= 0.6 is 15.9 Å². The Morgan fingerprint density at radius 1 is 0.920 bits per heavy atom. The predicted molar refractivity (Wildman–Crippen MR) is 103 cm³/mol. The van der Waals surface area contributed by atoms with E-state index in [0.717, 1.165) is 15.7 Å². The number of carbonyl (C=O) groups excluding carboxylic acids is 1. The first-order valence-electron chi connectivity index (χ1n) is 7.80. The number of carbonyl (C=O) groups is 1. The van der Waals surface area contributed by atoms with E-state index in [1.54, 1.807) is 12.1 Å². The summed E-state index contributed by atoms with van der Waals surface area (Å²) in [6.07, 6.45) is 0.290. The minimum absolute atomic E-state index is 0.129. The van der Waals surface area contributed by atoms with Crippen LogP contribution in [0.5, 0.6) is 0 Å². The number of aromatic nitrogens is 2. The molecule has 0 aliphatic heterocycles. The van der Waals surface area contributed by atoms with Crippen molar-refractivity contribution in [3.63, 3.8) is 0 Å². The van der Waals surface area contributed by atoms with Gasteiger partial charge in [0.25, 0.3) is 0 Å². The molecule has 5 nitrogen and oxygen atoms in total. The zero-order valence-electron chi connectivity index (χ0n) is 13.7. The zero-order chi connectivity index (χ0) is 17.6. The molecule has 1 amide bonds. The van der Waals surface area contributed by atoms with E-state index in [0.29, 0.717) is 18.1 Å². The summed E-state index contributed by atoms with van der Waals surface area (Å²) in [5.41, 5.74) is 3.07. The van der Waals surface area contributed by atoms with Gasteiger partial charge in [-0.1, -0.05) is 45.8 Å². The average molecular weight is 397 g/mol. The molecule has 2 N–H and O–H groups in total. The standard InChI is InChI=1S/C19H17BrN4O/c1-13-2-8-16(9-3-13)21-17-10-11-18(24-23-17)22-19(25)12-14-4-6-15(20)7-5-14/h2-11H,12H2,1H3,(H,21,23)(H,22,24,25). The van der Waals surface area contributed by atoms with Gasteiger partial charge in [-0.2, -0.15) is 0 Å². The van der Waals surface area contributed by atoms with Crippen LogP contribution in [0.4, 0.5) is 17.3 Å². The lowest BCUT2D eigenvalue weighted by atomic mass is 10.1. The maximum absolute atomic E-state index is 12.1.